The summed E-state index contributed by atoms with van der Waals surface area (Å²) in [7, 11) is 0. The molecule has 3 aromatic rings. The first kappa shape index (κ1) is 27.0. The van der Waals surface area contributed by atoms with Gasteiger partial charge in [0.05, 0.1) is 0 Å². The van der Waals surface area contributed by atoms with Crippen LogP contribution in [-0.2, 0) is 27.4 Å². The molecule has 0 aliphatic heterocycles. The Kier molecular flexibility index (Phi) is 10.1. The number of amides is 3. The van der Waals surface area contributed by atoms with Gasteiger partial charge in [0.2, 0.25) is 16.9 Å². The molecule has 1 aromatic heterocycles. The SMILES string of the molecule is CC(C)CC(NC(=O)C(Cc1ccccc1)NC(=O)OCc1ccccc1)C(=O)Nc1n[nH]c(=S)s1. The average molecular weight is 528 g/mol. The lowest BCUT2D eigenvalue weighted by molar-refractivity contribution is -0.128. The number of anilines is 1. The molecule has 9 nitrogen and oxygen atoms in total. The minimum atomic E-state index is -0.953. The summed E-state index contributed by atoms with van der Waals surface area (Å²) >= 11 is 6.13. The Balaban J connectivity index is 1.70. The number of carbonyl (C=O) groups excluding carboxylic acids is 3. The fraction of sp³-hybridized carbons (Fsp3) is 0.320. The Morgan fingerprint density at radius 2 is 1.58 bits per heavy atom. The first-order chi connectivity index (χ1) is 17.3. The van der Waals surface area contributed by atoms with Crippen LogP contribution in [0.4, 0.5) is 9.93 Å². The standard InChI is InChI=1S/C25H29N5O4S2/c1-16(2)13-19(22(32)28-23-29-30-25(35)36-23)26-21(31)20(14-17-9-5-3-6-10-17)27-24(33)34-15-18-11-7-4-8-12-18/h3-12,16,19-20H,13-15H2,1-2H3,(H,26,31)(H,27,33)(H,30,35)(H,28,29,32). The van der Waals surface area contributed by atoms with Crippen LogP contribution < -0.4 is 16.0 Å². The largest absolute Gasteiger partial charge is 0.445 e. The molecule has 1 heterocycles. The first-order valence-electron chi connectivity index (χ1n) is 11.5. The van der Waals surface area contributed by atoms with Crippen LogP contribution in [0.1, 0.15) is 31.4 Å². The van der Waals surface area contributed by atoms with Gasteiger partial charge in [-0.25, -0.2) is 4.79 Å². The van der Waals surface area contributed by atoms with Crippen LogP contribution in [0.3, 0.4) is 0 Å². The van der Waals surface area contributed by atoms with Crippen molar-refractivity contribution in [2.75, 3.05) is 5.32 Å². The van der Waals surface area contributed by atoms with Crippen LogP contribution in [0.15, 0.2) is 60.7 Å². The van der Waals surface area contributed by atoms with Gasteiger partial charge in [-0.05, 0) is 35.7 Å². The number of ether oxygens (including phenoxy) is 1. The van der Waals surface area contributed by atoms with Crippen molar-refractivity contribution in [2.45, 2.75) is 45.4 Å². The molecule has 190 valence electrons. The van der Waals surface area contributed by atoms with Gasteiger partial charge in [-0.3, -0.25) is 20.0 Å². The molecule has 0 bridgehead atoms. The van der Waals surface area contributed by atoms with Crippen molar-refractivity contribution in [3.8, 4) is 0 Å². The molecule has 0 aliphatic carbocycles. The number of H-pyrrole nitrogens is 1. The monoisotopic (exact) mass is 527 g/mol. The number of benzene rings is 2. The number of hydrogen-bond donors (Lipinski definition) is 4. The van der Waals surface area contributed by atoms with E-state index in [2.05, 4.69) is 26.1 Å². The third-order valence-corrected chi connectivity index (χ3v) is 6.12. The highest BCUT2D eigenvalue weighted by molar-refractivity contribution is 7.73. The quantitative estimate of drug-likeness (QED) is 0.277. The topological polar surface area (TPSA) is 125 Å². The van der Waals surface area contributed by atoms with E-state index in [9.17, 15) is 14.4 Å². The van der Waals surface area contributed by atoms with Crippen LogP contribution in [0.5, 0.6) is 0 Å². The Morgan fingerprint density at radius 1 is 0.944 bits per heavy atom. The van der Waals surface area contributed by atoms with Gasteiger partial charge in [0.15, 0.2) is 3.95 Å². The number of aromatic nitrogens is 2. The first-order valence-corrected chi connectivity index (χ1v) is 12.7. The fourth-order valence-electron chi connectivity index (χ4n) is 3.42. The van der Waals surface area contributed by atoms with E-state index in [0.717, 1.165) is 22.5 Å². The maximum atomic E-state index is 13.3. The Morgan fingerprint density at radius 3 is 2.17 bits per heavy atom. The van der Waals surface area contributed by atoms with Gasteiger partial charge in [0.1, 0.15) is 18.7 Å². The lowest BCUT2D eigenvalue weighted by atomic mass is 10.0. The van der Waals surface area contributed by atoms with E-state index in [1.807, 2.05) is 74.5 Å². The van der Waals surface area contributed by atoms with E-state index in [1.165, 1.54) is 0 Å². The van der Waals surface area contributed by atoms with Crippen molar-refractivity contribution in [1.29, 1.82) is 0 Å². The van der Waals surface area contributed by atoms with Crippen LogP contribution in [-0.4, -0.2) is 40.2 Å². The predicted octanol–water partition coefficient (Wildman–Crippen LogP) is 4.21. The van der Waals surface area contributed by atoms with Gasteiger partial charge >= 0.3 is 6.09 Å². The molecule has 36 heavy (non-hydrogen) atoms. The number of rotatable bonds is 11. The molecule has 0 saturated heterocycles. The minimum Gasteiger partial charge on any atom is -0.445 e. The van der Waals surface area contributed by atoms with Gasteiger partial charge < -0.3 is 15.4 Å². The summed E-state index contributed by atoms with van der Waals surface area (Å²) in [6, 6.07) is 16.8. The van der Waals surface area contributed by atoms with Gasteiger partial charge in [0, 0.05) is 6.42 Å². The maximum absolute atomic E-state index is 13.3. The molecule has 0 saturated carbocycles. The number of nitrogens with one attached hydrogen (secondary N) is 4. The van der Waals surface area contributed by atoms with Crippen molar-refractivity contribution in [3.63, 3.8) is 0 Å². The molecule has 0 aliphatic rings. The summed E-state index contributed by atoms with van der Waals surface area (Å²) < 4.78 is 5.74. The van der Waals surface area contributed by atoms with Crippen molar-refractivity contribution in [1.82, 2.24) is 20.8 Å². The van der Waals surface area contributed by atoms with E-state index in [1.54, 1.807) is 0 Å². The third-order valence-electron chi connectivity index (χ3n) is 5.11. The molecule has 4 N–H and O–H groups in total. The van der Waals surface area contributed by atoms with Crippen LogP contribution in [0.2, 0.25) is 0 Å². The zero-order valence-electron chi connectivity index (χ0n) is 20.0. The highest BCUT2D eigenvalue weighted by Crippen LogP contribution is 2.14. The molecule has 0 fully saturated rings. The fourth-order valence-corrected chi connectivity index (χ4v) is 4.21. The molecule has 3 rings (SSSR count). The maximum Gasteiger partial charge on any atom is 0.408 e. The Labute approximate surface area is 218 Å². The minimum absolute atomic E-state index is 0.0698. The second kappa shape index (κ2) is 13.5. The van der Waals surface area contributed by atoms with Crippen LogP contribution >= 0.6 is 23.6 Å². The molecule has 0 spiro atoms. The molecule has 2 aromatic carbocycles. The summed E-state index contributed by atoms with van der Waals surface area (Å²) in [6.07, 6.45) is -0.107. The smallest absolute Gasteiger partial charge is 0.408 e. The van der Waals surface area contributed by atoms with Gasteiger partial charge in [0.25, 0.3) is 0 Å². The summed E-state index contributed by atoms with van der Waals surface area (Å²) in [5.41, 5.74) is 1.68. The zero-order valence-corrected chi connectivity index (χ0v) is 21.7. The summed E-state index contributed by atoms with van der Waals surface area (Å²) in [5.74, 6) is -0.791. The van der Waals surface area contributed by atoms with E-state index >= 15 is 0 Å². The van der Waals surface area contributed by atoms with E-state index in [4.69, 9.17) is 17.0 Å². The molecule has 0 radical (unpaired) electrons. The van der Waals surface area contributed by atoms with Gasteiger partial charge in [-0.2, -0.15) is 0 Å². The van der Waals surface area contributed by atoms with Crippen molar-refractivity contribution < 1.29 is 19.1 Å². The molecule has 11 heteroatoms. The van der Waals surface area contributed by atoms with Gasteiger partial charge in [-0.1, -0.05) is 85.8 Å². The number of hydrogen-bond acceptors (Lipinski definition) is 7. The normalized spacial score (nSPS) is 12.4. The van der Waals surface area contributed by atoms with Crippen LogP contribution in [0, 0.1) is 9.87 Å². The second-order valence-electron chi connectivity index (χ2n) is 8.55. The number of carbonyl (C=O) groups is 3. The van der Waals surface area contributed by atoms with E-state index in [0.29, 0.717) is 15.5 Å². The molecule has 2 unspecified atom stereocenters. The number of aromatic amines is 1. The molecular formula is C25H29N5O4S2. The zero-order chi connectivity index (χ0) is 25.9. The van der Waals surface area contributed by atoms with Crippen molar-refractivity contribution in [2.24, 2.45) is 5.92 Å². The van der Waals surface area contributed by atoms with Crippen LogP contribution in [0.25, 0.3) is 0 Å². The summed E-state index contributed by atoms with van der Waals surface area (Å²) in [6.45, 7) is 3.97. The predicted molar refractivity (Wildman–Crippen MR) is 141 cm³/mol. The Hall–Kier alpha value is -3.57. The second-order valence-corrected chi connectivity index (χ2v) is 10.2. The highest BCUT2D eigenvalue weighted by Gasteiger charge is 2.28. The lowest BCUT2D eigenvalue weighted by Crippen LogP contribution is -2.53. The third kappa shape index (κ3) is 8.90. The van der Waals surface area contributed by atoms with E-state index < -0.39 is 30.0 Å². The molecular weight excluding hydrogens is 498 g/mol. The van der Waals surface area contributed by atoms with Crippen molar-refractivity contribution >= 4 is 46.6 Å². The lowest BCUT2D eigenvalue weighted by Gasteiger charge is -2.24. The number of nitrogens with zero attached hydrogens (tertiary/aromatic N) is 1. The highest BCUT2D eigenvalue weighted by atomic mass is 32.1. The van der Waals surface area contributed by atoms with Crippen molar-refractivity contribution in [3.05, 3.63) is 75.7 Å². The van der Waals surface area contributed by atoms with E-state index in [-0.39, 0.29) is 18.9 Å². The average Bonchev–Trinajstić information content (AvgIpc) is 3.27. The summed E-state index contributed by atoms with van der Waals surface area (Å²) in [5, 5.41) is 15.0. The molecule has 2 atom stereocenters. The van der Waals surface area contributed by atoms with Gasteiger partial charge in [-0.15, -0.1) is 5.10 Å². The Bertz CT molecular complexity index is 1200. The molecule has 3 amide bonds. The number of alkyl carbamates (subject to hydrolysis) is 1. The summed E-state index contributed by atoms with van der Waals surface area (Å²) in [4.78, 5) is 38.8.